The van der Waals surface area contributed by atoms with Crippen LogP contribution in [0.3, 0.4) is 0 Å². The summed E-state index contributed by atoms with van der Waals surface area (Å²) in [5.41, 5.74) is 5.55. The maximum Gasteiger partial charge on any atom is 0.337 e. The Hall–Kier alpha value is -2.78. The molecule has 5 nitrogen and oxygen atoms in total. The van der Waals surface area contributed by atoms with E-state index in [2.05, 4.69) is 5.32 Å². The monoisotopic (exact) mass is 305 g/mol. The molecule has 0 saturated carbocycles. The quantitative estimate of drug-likeness (QED) is 0.755. The van der Waals surface area contributed by atoms with Crippen molar-refractivity contribution in [2.45, 2.75) is 0 Å². The zero-order valence-electron chi connectivity index (χ0n) is 10.5. The summed E-state index contributed by atoms with van der Waals surface area (Å²) < 4.78 is 13.9. The molecular formula is C14H9ClFN3O2. The van der Waals surface area contributed by atoms with Crippen LogP contribution in [-0.2, 0) is 0 Å². The molecule has 0 amide bonds. The minimum atomic E-state index is -1.27. The second kappa shape index (κ2) is 5.69. The van der Waals surface area contributed by atoms with Gasteiger partial charge in [0, 0.05) is 5.69 Å². The van der Waals surface area contributed by atoms with Crippen molar-refractivity contribution in [2.75, 3.05) is 11.1 Å². The van der Waals surface area contributed by atoms with Gasteiger partial charge in [0.1, 0.15) is 5.82 Å². The van der Waals surface area contributed by atoms with Crippen LogP contribution in [0.2, 0.25) is 5.02 Å². The fourth-order valence-corrected chi connectivity index (χ4v) is 1.87. The Morgan fingerprint density at radius 2 is 2.05 bits per heavy atom. The molecule has 0 aliphatic heterocycles. The van der Waals surface area contributed by atoms with Gasteiger partial charge in [0.25, 0.3) is 0 Å². The predicted octanol–water partition coefficient (Wildman–Crippen LogP) is 3.37. The van der Waals surface area contributed by atoms with Gasteiger partial charge in [-0.15, -0.1) is 0 Å². The number of benzene rings is 2. The van der Waals surface area contributed by atoms with E-state index in [9.17, 15) is 9.18 Å². The highest BCUT2D eigenvalue weighted by Crippen LogP contribution is 2.30. The summed E-state index contributed by atoms with van der Waals surface area (Å²) in [5, 5.41) is 20.7. The van der Waals surface area contributed by atoms with Gasteiger partial charge in [-0.25, -0.2) is 9.18 Å². The van der Waals surface area contributed by atoms with Gasteiger partial charge in [-0.05, 0) is 30.3 Å². The number of aromatic carboxylic acids is 1. The van der Waals surface area contributed by atoms with Crippen LogP contribution in [0.15, 0.2) is 30.3 Å². The standard InChI is InChI=1S/C14H9ClFN3O2/c15-9-2-1-7(6-17)3-12(9)19-13-4-8(14(20)21)11(18)5-10(13)16/h1-5,19H,18H2,(H,20,21). The summed E-state index contributed by atoms with van der Waals surface area (Å²) in [7, 11) is 0. The lowest BCUT2D eigenvalue weighted by atomic mass is 10.1. The smallest absolute Gasteiger partial charge is 0.337 e. The minimum absolute atomic E-state index is 0.0985. The number of nitrogens with two attached hydrogens (primary N) is 1. The molecule has 0 spiro atoms. The normalized spacial score (nSPS) is 9.95. The SMILES string of the molecule is N#Cc1ccc(Cl)c(Nc2cc(C(=O)O)c(N)cc2F)c1. The van der Waals surface area contributed by atoms with Gasteiger partial charge in [-0.2, -0.15) is 5.26 Å². The summed E-state index contributed by atoms with van der Waals surface area (Å²) in [4.78, 5) is 11.0. The number of nitrogen functional groups attached to an aromatic ring is 1. The first kappa shape index (κ1) is 14.6. The molecule has 0 fully saturated rings. The maximum atomic E-state index is 13.9. The van der Waals surface area contributed by atoms with E-state index in [-0.39, 0.29) is 27.6 Å². The first-order chi connectivity index (χ1) is 9.92. The lowest BCUT2D eigenvalue weighted by Crippen LogP contribution is -2.05. The molecule has 0 radical (unpaired) electrons. The number of hydrogen-bond donors (Lipinski definition) is 3. The lowest BCUT2D eigenvalue weighted by molar-refractivity contribution is 0.0698. The summed E-state index contributed by atoms with van der Waals surface area (Å²) >= 11 is 5.95. The number of carboxylic acids is 1. The highest BCUT2D eigenvalue weighted by atomic mass is 35.5. The predicted molar refractivity (Wildman–Crippen MR) is 77.2 cm³/mol. The van der Waals surface area contributed by atoms with Crippen molar-refractivity contribution in [1.82, 2.24) is 0 Å². The molecule has 106 valence electrons. The van der Waals surface area contributed by atoms with Crippen LogP contribution >= 0.6 is 11.6 Å². The Labute approximate surface area is 124 Å². The topological polar surface area (TPSA) is 99.1 Å². The number of nitrogens with one attached hydrogen (secondary N) is 1. The van der Waals surface area contributed by atoms with Crippen molar-refractivity contribution >= 4 is 34.6 Å². The first-order valence-corrected chi connectivity index (χ1v) is 6.09. The molecule has 2 aromatic rings. The van der Waals surface area contributed by atoms with Crippen LogP contribution in [0.5, 0.6) is 0 Å². The van der Waals surface area contributed by atoms with Crippen molar-refractivity contribution in [3.8, 4) is 6.07 Å². The van der Waals surface area contributed by atoms with Crippen LogP contribution < -0.4 is 11.1 Å². The van der Waals surface area contributed by atoms with E-state index in [0.717, 1.165) is 12.1 Å². The van der Waals surface area contributed by atoms with Crippen LogP contribution in [0, 0.1) is 17.1 Å². The molecule has 0 unspecified atom stereocenters. The lowest BCUT2D eigenvalue weighted by Gasteiger charge is -2.11. The largest absolute Gasteiger partial charge is 0.478 e. The molecule has 4 N–H and O–H groups in total. The minimum Gasteiger partial charge on any atom is -0.478 e. The number of nitrogens with zero attached hydrogens (tertiary/aromatic N) is 1. The van der Waals surface area contributed by atoms with E-state index >= 15 is 0 Å². The number of carbonyl (C=O) groups is 1. The number of anilines is 3. The third kappa shape index (κ3) is 3.04. The van der Waals surface area contributed by atoms with Gasteiger partial charge in [-0.3, -0.25) is 0 Å². The number of carboxylic acid groups (broad SMARTS) is 1. The summed E-state index contributed by atoms with van der Waals surface area (Å²) in [6.07, 6.45) is 0. The molecule has 7 heteroatoms. The second-order valence-corrected chi connectivity index (χ2v) is 4.56. The molecule has 0 heterocycles. The molecule has 0 saturated heterocycles. The fourth-order valence-electron chi connectivity index (χ4n) is 1.71. The van der Waals surface area contributed by atoms with Crippen LogP contribution in [0.1, 0.15) is 15.9 Å². The average Bonchev–Trinajstić information content (AvgIpc) is 2.43. The van der Waals surface area contributed by atoms with E-state index in [1.54, 1.807) is 0 Å². The average molecular weight is 306 g/mol. The summed E-state index contributed by atoms with van der Waals surface area (Å²) in [6.45, 7) is 0. The molecular weight excluding hydrogens is 297 g/mol. The van der Waals surface area contributed by atoms with E-state index in [1.165, 1.54) is 18.2 Å². The van der Waals surface area contributed by atoms with Crippen LogP contribution in [-0.4, -0.2) is 11.1 Å². The molecule has 2 aromatic carbocycles. The summed E-state index contributed by atoms with van der Waals surface area (Å²) in [6, 6.07) is 8.33. The van der Waals surface area contributed by atoms with Crippen molar-refractivity contribution in [1.29, 1.82) is 5.26 Å². The Morgan fingerprint density at radius 1 is 1.33 bits per heavy atom. The fraction of sp³-hybridized carbons (Fsp3) is 0. The van der Waals surface area contributed by atoms with Crippen molar-refractivity contribution in [3.63, 3.8) is 0 Å². The zero-order chi connectivity index (χ0) is 15.6. The van der Waals surface area contributed by atoms with Crippen LogP contribution in [0.25, 0.3) is 0 Å². The number of halogens is 2. The van der Waals surface area contributed by atoms with Gasteiger partial charge in [0.15, 0.2) is 0 Å². The van der Waals surface area contributed by atoms with Gasteiger partial charge in [0.05, 0.1) is 33.6 Å². The summed E-state index contributed by atoms with van der Waals surface area (Å²) in [5.74, 6) is -2.00. The molecule has 0 aliphatic rings. The second-order valence-electron chi connectivity index (χ2n) is 4.16. The Balaban J connectivity index is 2.47. The van der Waals surface area contributed by atoms with Gasteiger partial charge in [0.2, 0.25) is 0 Å². The molecule has 0 aromatic heterocycles. The highest BCUT2D eigenvalue weighted by molar-refractivity contribution is 6.33. The first-order valence-electron chi connectivity index (χ1n) is 5.71. The maximum absolute atomic E-state index is 13.9. The van der Waals surface area contributed by atoms with E-state index < -0.39 is 11.8 Å². The Kier molecular flexibility index (Phi) is 3.96. The van der Waals surface area contributed by atoms with E-state index in [1.807, 2.05) is 6.07 Å². The van der Waals surface area contributed by atoms with Gasteiger partial charge in [-0.1, -0.05) is 11.6 Å². The molecule has 0 bridgehead atoms. The number of rotatable bonds is 3. The number of nitriles is 1. The molecule has 21 heavy (non-hydrogen) atoms. The van der Waals surface area contributed by atoms with Gasteiger partial charge >= 0.3 is 5.97 Å². The van der Waals surface area contributed by atoms with Gasteiger partial charge < -0.3 is 16.2 Å². The molecule has 2 rings (SSSR count). The third-order valence-electron chi connectivity index (χ3n) is 2.73. The van der Waals surface area contributed by atoms with E-state index in [4.69, 9.17) is 27.7 Å². The van der Waals surface area contributed by atoms with Crippen molar-refractivity contribution in [3.05, 3.63) is 52.3 Å². The zero-order valence-corrected chi connectivity index (χ0v) is 11.3. The molecule has 0 aliphatic carbocycles. The van der Waals surface area contributed by atoms with Crippen LogP contribution in [0.4, 0.5) is 21.5 Å². The molecule has 0 atom stereocenters. The highest BCUT2D eigenvalue weighted by Gasteiger charge is 2.14. The Morgan fingerprint density at radius 3 is 2.67 bits per heavy atom. The van der Waals surface area contributed by atoms with E-state index in [0.29, 0.717) is 5.56 Å². The van der Waals surface area contributed by atoms with Crippen molar-refractivity contribution in [2.24, 2.45) is 0 Å². The third-order valence-corrected chi connectivity index (χ3v) is 3.06. The Bertz CT molecular complexity index is 772. The number of hydrogen-bond acceptors (Lipinski definition) is 4. The van der Waals surface area contributed by atoms with Crippen molar-refractivity contribution < 1.29 is 14.3 Å².